The average molecular weight is 199 g/mol. The first-order valence-corrected chi connectivity index (χ1v) is 5.82. The molecule has 1 aliphatic rings. The van der Waals surface area contributed by atoms with Crippen LogP contribution in [0.5, 0.6) is 0 Å². The molecular weight excluding hydrogens is 176 g/mol. The van der Waals surface area contributed by atoms with E-state index in [1.807, 2.05) is 7.05 Å². The second-order valence-corrected chi connectivity index (χ2v) is 3.94. The van der Waals surface area contributed by atoms with E-state index in [0.717, 1.165) is 26.3 Å². The van der Waals surface area contributed by atoms with Gasteiger partial charge in [0.05, 0.1) is 13.2 Å². The minimum absolute atomic E-state index is 0.494. The van der Waals surface area contributed by atoms with E-state index in [1.54, 1.807) is 0 Å². The van der Waals surface area contributed by atoms with Crippen LogP contribution < -0.4 is 10.6 Å². The van der Waals surface area contributed by atoms with Gasteiger partial charge in [0, 0.05) is 12.6 Å². The average Bonchev–Trinajstić information content (AvgIpc) is 2.25. The van der Waals surface area contributed by atoms with Crippen LogP contribution in [0.25, 0.3) is 0 Å². The monoisotopic (exact) mass is 199 g/mol. The first-order chi connectivity index (χ1) is 6.93. The van der Waals surface area contributed by atoms with Gasteiger partial charge in [-0.2, -0.15) is 0 Å². The Bertz CT molecular complexity index is 124. The van der Waals surface area contributed by atoms with Crippen molar-refractivity contribution in [1.29, 1.82) is 0 Å². The van der Waals surface area contributed by atoms with Crippen molar-refractivity contribution in [3.8, 4) is 0 Å². The van der Waals surface area contributed by atoms with Crippen molar-refractivity contribution in [3.05, 3.63) is 0 Å². The van der Waals surface area contributed by atoms with E-state index in [2.05, 4.69) is 10.6 Å². The lowest BCUT2D eigenvalue weighted by molar-refractivity contribution is 0.0710. The molecular formula is C11H23N2O. The Morgan fingerprint density at radius 3 is 2.86 bits per heavy atom. The van der Waals surface area contributed by atoms with Crippen molar-refractivity contribution in [3.63, 3.8) is 0 Å². The van der Waals surface area contributed by atoms with E-state index in [-0.39, 0.29) is 0 Å². The molecule has 0 aromatic rings. The number of unbranched alkanes of at least 4 members (excludes halogenated alkanes) is 3. The summed E-state index contributed by atoms with van der Waals surface area (Å²) in [5, 5.41) is 7.70. The molecule has 0 bridgehead atoms. The lowest BCUT2D eigenvalue weighted by Crippen LogP contribution is -2.35. The smallest absolute Gasteiger partial charge is 0.0636 e. The molecule has 0 aliphatic carbocycles. The maximum atomic E-state index is 5.37. The van der Waals surface area contributed by atoms with Crippen molar-refractivity contribution in [2.45, 2.75) is 38.1 Å². The predicted octanol–water partition coefficient (Wildman–Crippen LogP) is 1.16. The van der Waals surface area contributed by atoms with E-state index in [0.29, 0.717) is 6.04 Å². The van der Waals surface area contributed by atoms with Gasteiger partial charge in [0.25, 0.3) is 0 Å². The summed E-state index contributed by atoms with van der Waals surface area (Å²) >= 11 is 0. The van der Waals surface area contributed by atoms with Crippen LogP contribution in [0.1, 0.15) is 32.1 Å². The van der Waals surface area contributed by atoms with Crippen LogP contribution in [-0.2, 0) is 4.74 Å². The molecule has 1 rings (SSSR count). The van der Waals surface area contributed by atoms with Crippen LogP contribution in [0, 0.1) is 0 Å². The zero-order valence-electron chi connectivity index (χ0n) is 9.30. The van der Waals surface area contributed by atoms with Crippen molar-refractivity contribution in [2.75, 3.05) is 33.4 Å². The van der Waals surface area contributed by atoms with Gasteiger partial charge in [-0.05, 0) is 26.4 Å². The summed E-state index contributed by atoms with van der Waals surface area (Å²) < 4.78 is 5.37. The maximum absolute atomic E-state index is 5.37. The van der Waals surface area contributed by atoms with E-state index in [4.69, 9.17) is 4.74 Å². The Labute approximate surface area is 87.6 Å². The van der Waals surface area contributed by atoms with Crippen molar-refractivity contribution < 1.29 is 4.74 Å². The molecule has 1 saturated heterocycles. The van der Waals surface area contributed by atoms with Crippen LogP contribution in [0.2, 0.25) is 0 Å². The van der Waals surface area contributed by atoms with Gasteiger partial charge < -0.3 is 10.1 Å². The molecule has 1 heterocycles. The minimum atomic E-state index is 0.494. The first kappa shape index (κ1) is 12.0. The lowest BCUT2D eigenvalue weighted by atomic mass is 10.1. The van der Waals surface area contributed by atoms with Crippen molar-refractivity contribution in [1.82, 2.24) is 10.6 Å². The Morgan fingerprint density at radius 2 is 2.14 bits per heavy atom. The van der Waals surface area contributed by atoms with Gasteiger partial charge in [-0.3, -0.25) is 0 Å². The Morgan fingerprint density at radius 1 is 1.29 bits per heavy atom. The Kier molecular flexibility index (Phi) is 7.01. The first-order valence-electron chi connectivity index (χ1n) is 5.82. The van der Waals surface area contributed by atoms with Crippen LogP contribution in [0.15, 0.2) is 0 Å². The highest BCUT2D eigenvalue weighted by atomic mass is 16.5. The van der Waals surface area contributed by atoms with Crippen LogP contribution in [0.4, 0.5) is 0 Å². The number of hydrogen-bond donors (Lipinski definition) is 1. The van der Waals surface area contributed by atoms with Gasteiger partial charge in [-0.1, -0.05) is 19.3 Å². The zero-order valence-corrected chi connectivity index (χ0v) is 9.30. The van der Waals surface area contributed by atoms with Gasteiger partial charge >= 0.3 is 0 Å². The van der Waals surface area contributed by atoms with Gasteiger partial charge in [-0.15, -0.1) is 0 Å². The third kappa shape index (κ3) is 5.58. The summed E-state index contributed by atoms with van der Waals surface area (Å²) in [7, 11) is 2.01. The maximum Gasteiger partial charge on any atom is 0.0636 e. The molecule has 0 aromatic heterocycles. The molecule has 1 fully saturated rings. The highest BCUT2D eigenvalue weighted by molar-refractivity contribution is 4.69. The van der Waals surface area contributed by atoms with Crippen LogP contribution in [0.3, 0.4) is 0 Å². The number of hydrogen-bond acceptors (Lipinski definition) is 2. The van der Waals surface area contributed by atoms with E-state index in [9.17, 15) is 0 Å². The number of nitrogens with one attached hydrogen (secondary N) is 1. The lowest BCUT2D eigenvalue weighted by Gasteiger charge is -2.21. The predicted molar refractivity (Wildman–Crippen MR) is 58.6 cm³/mol. The molecule has 14 heavy (non-hydrogen) atoms. The quantitative estimate of drug-likeness (QED) is 0.624. The normalized spacial score (nSPS) is 22.5. The molecule has 1 aliphatic heterocycles. The van der Waals surface area contributed by atoms with Crippen LogP contribution >= 0.6 is 0 Å². The molecule has 0 amide bonds. The summed E-state index contributed by atoms with van der Waals surface area (Å²) in [6, 6.07) is 0.494. The number of ether oxygens (including phenoxy) is 1. The molecule has 0 aromatic carbocycles. The summed E-state index contributed by atoms with van der Waals surface area (Å²) in [5.41, 5.74) is 0. The van der Waals surface area contributed by atoms with E-state index in [1.165, 1.54) is 32.1 Å². The molecule has 1 radical (unpaired) electrons. The number of rotatable bonds is 7. The van der Waals surface area contributed by atoms with Crippen LogP contribution in [-0.4, -0.2) is 39.4 Å². The van der Waals surface area contributed by atoms with E-state index < -0.39 is 0 Å². The van der Waals surface area contributed by atoms with Crippen molar-refractivity contribution >= 4 is 0 Å². The van der Waals surface area contributed by atoms with Gasteiger partial charge in [0.2, 0.25) is 0 Å². The number of morpholine rings is 1. The molecule has 1 N–H and O–H groups in total. The standard InChI is InChI=1S/C11H23N2O/c1-12-7-5-3-2-4-6-11-10-14-9-8-13-11/h11-12H,2-10H2,1H3. The minimum Gasteiger partial charge on any atom is -0.378 e. The molecule has 3 nitrogen and oxygen atoms in total. The summed E-state index contributed by atoms with van der Waals surface area (Å²) in [5.74, 6) is 0. The summed E-state index contributed by atoms with van der Waals surface area (Å²) in [6.07, 6.45) is 6.51. The molecule has 1 unspecified atom stereocenters. The fourth-order valence-electron chi connectivity index (χ4n) is 1.78. The van der Waals surface area contributed by atoms with Gasteiger partial charge in [0.15, 0.2) is 0 Å². The molecule has 83 valence electrons. The summed E-state index contributed by atoms with van der Waals surface area (Å²) in [6.45, 7) is 3.75. The second-order valence-electron chi connectivity index (χ2n) is 3.94. The molecule has 3 heteroatoms. The fourth-order valence-corrected chi connectivity index (χ4v) is 1.78. The van der Waals surface area contributed by atoms with Gasteiger partial charge in [-0.25, -0.2) is 5.32 Å². The molecule has 1 atom stereocenters. The number of nitrogens with zero attached hydrogens (tertiary/aromatic N) is 1. The Hall–Kier alpha value is -0.120. The highest BCUT2D eigenvalue weighted by Crippen LogP contribution is 2.08. The highest BCUT2D eigenvalue weighted by Gasteiger charge is 2.12. The molecule has 0 saturated carbocycles. The second kappa shape index (κ2) is 8.21. The fraction of sp³-hybridized carbons (Fsp3) is 1.00. The third-order valence-electron chi connectivity index (χ3n) is 2.65. The van der Waals surface area contributed by atoms with Crippen molar-refractivity contribution in [2.24, 2.45) is 0 Å². The Balaban J connectivity index is 1.82. The third-order valence-corrected chi connectivity index (χ3v) is 2.65. The molecule has 0 spiro atoms. The summed E-state index contributed by atoms with van der Waals surface area (Å²) in [4.78, 5) is 0. The largest absolute Gasteiger partial charge is 0.378 e. The zero-order chi connectivity index (χ0) is 10.1. The topological polar surface area (TPSA) is 35.4 Å². The van der Waals surface area contributed by atoms with Gasteiger partial charge in [0.1, 0.15) is 0 Å². The SMILES string of the molecule is CNCCCCCCC1COCC[N]1. The van der Waals surface area contributed by atoms with E-state index >= 15 is 0 Å².